The fourth-order valence-corrected chi connectivity index (χ4v) is 3.78. The Hall–Kier alpha value is -2.95. The van der Waals surface area contributed by atoms with Gasteiger partial charge in [-0.1, -0.05) is 48.6 Å². The molecule has 0 radical (unpaired) electrons. The molecular formula is C21H17F2NO2. The second-order valence-corrected chi connectivity index (χ2v) is 6.46. The van der Waals surface area contributed by atoms with E-state index in [-0.39, 0.29) is 12.0 Å². The van der Waals surface area contributed by atoms with Crippen molar-refractivity contribution in [2.45, 2.75) is 12.0 Å². The number of nitrogens with zero attached hydrogens (tertiary/aromatic N) is 1. The summed E-state index contributed by atoms with van der Waals surface area (Å²) in [5.74, 6) is -3.93. The molecule has 132 valence electrons. The number of rotatable bonds is 2. The summed E-state index contributed by atoms with van der Waals surface area (Å²) in [5, 5.41) is 0. The highest BCUT2D eigenvalue weighted by Gasteiger charge is 2.43. The molecule has 4 rings (SSSR count). The largest absolute Gasteiger partial charge is 0.420 e. The molecule has 2 aromatic rings. The second-order valence-electron chi connectivity index (χ2n) is 6.46. The number of esters is 1. The lowest BCUT2D eigenvalue weighted by Crippen LogP contribution is -2.46. The van der Waals surface area contributed by atoms with E-state index in [1.54, 1.807) is 0 Å². The molecule has 0 N–H and O–H groups in total. The average Bonchev–Trinajstić information content (AvgIpc) is 2.65. The van der Waals surface area contributed by atoms with Crippen LogP contribution < -0.4 is 9.64 Å². The number of hydrogen-bond acceptors (Lipinski definition) is 3. The minimum atomic E-state index is -0.893. The van der Waals surface area contributed by atoms with Gasteiger partial charge in [0.2, 0.25) is 5.75 Å². The molecule has 1 heterocycles. The third kappa shape index (κ3) is 2.60. The first-order chi connectivity index (χ1) is 12.6. The molecule has 0 saturated heterocycles. The Balaban J connectivity index is 1.76. The monoisotopic (exact) mass is 353 g/mol. The Morgan fingerprint density at radius 3 is 2.46 bits per heavy atom. The van der Waals surface area contributed by atoms with Gasteiger partial charge in [0.1, 0.15) is 0 Å². The molecule has 2 aromatic carbocycles. The zero-order chi connectivity index (χ0) is 18.3. The summed E-state index contributed by atoms with van der Waals surface area (Å²) >= 11 is 0. The minimum absolute atomic E-state index is 0.0297. The van der Waals surface area contributed by atoms with Gasteiger partial charge in [0.15, 0.2) is 11.6 Å². The van der Waals surface area contributed by atoms with E-state index in [0.29, 0.717) is 0 Å². The van der Waals surface area contributed by atoms with Crippen molar-refractivity contribution in [1.82, 2.24) is 0 Å². The number of benzene rings is 2. The predicted molar refractivity (Wildman–Crippen MR) is 95.1 cm³/mol. The van der Waals surface area contributed by atoms with Crippen molar-refractivity contribution in [2.75, 3.05) is 11.9 Å². The van der Waals surface area contributed by atoms with E-state index < -0.39 is 29.3 Å². The molecule has 2 aliphatic rings. The summed E-state index contributed by atoms with van der Waals surface area (Å²) in [5.41, 5.74) is 1.70. The van der Waals surface area contributed by atoms with Gasteiger partial charge in [-0.25, -0.2) is 8.78 Å². The first-order valence-corrected chi connectivity index (χ1v) is 8.40. The number of carbonyl (C=O) groups is 1. The molecule has 3 atom stereocenters. The number of anilines is 1. The highest BCUT2D eigenvalue weighted by Crippen LogP contribution is 2.44. The van der Waals surface area contributed by atoms with Crippen LogP contribution in [0.3, 0.4) is 0 Å². The van der Waals surface area contributed by atoms with Gasteiger partial charge in [0.05, 0.1) is 12.0 Å². The molecule has 1 aliphatic heterocycles. The number of hydrogen-bond donors (Lipinski definition) is 0. The number of halogens is 2. The van der Waals surface area contributed by atoms with Crippen molar-refractivity contribution < 1.29 is 18.3 Å². The predicted octanol–water partition coefficient (Wildman–Crippen LogP) is 4.21. The molecule has 3 unspecified atom stereocenters. The van der Waals surface area contributed by atoms with E-state index in [2.05, 4.69) is 4.90 Å². The van der Waals surface area contributed by atoms with Gasteiger partial charge >= 0.3 is 5.97 Å². The first-order valence-electron chi connectivity index (χ1n) is 8.40. The molecule has 0 spiro atoms. The molecule has 0 fully saturated rings. The Kier molecular flexibility index (Phi) is 4.07. The fourth-order valence-electron chi connectivity index (χ4n) is 3.78. The molecule has 26 heavy (non-hydrogen) atoms. The number of para-hydroxylation sites is 2. The normalized spacial score (nSPS) is 23.3. The van der Waals surface area contributed by atoms with Crippen LogP contribution in [-0.2, 0) is 4.79 Å². The highest BCUT2D eigenvalue weighted by atomic mass is 19.1. The molecule has 1 aliphatic carbocycles. The van der Waals surface area contributed by atoms with Crippen LogP contribution in [0.4, 0.5) is 14.5 Å². The summed E-state index contributed by atoms with van der Waals surface area (Å²) in [6, 6.07) is 10.9. The van der Waals surface area contributed by atoms with Crippen LogP contribution in [0, 0.1) is 17.6 Å². The minimum Gasteiger partial charge on any atom is -0.420 e. The number of ether oxygens (including phenoxy) is 1. The smallest absolute Gasteiger partial charge is 0.319 e. The lowest BCUT2D eigenvalue weighted by Gasteiger charge is -2.43. The van der Waals surface area contributed by atoms with E-state index in [9.17, 15) is 13.6 Å². The van der Waals surface area contributed by atoms with E-state index in [4.69, 9.17) is 4.74 Å². The summed E-state index contributed by atoms with van der Waals surface area (Å²) in [7, 11) is 1.97. The Labute approximate surface area is 150 Å². The lowest BCUT2D eigenvalue weighted by atomic mass is 9.75. The van der Waals surface area contributed by atoms with Crippen LogP contribution in [0.5, 0.6) is 5.75 Å². The quantitative estimate of drug-likeness (QED) is 0.598. The van der Waals surface area contributed by atoms with Crippen molar-refractivity contribution in [3.8, 4) is 5.75 Å². The maximum Gasteiger partial charge on any atom is 0.319 e. The average molecular weight is 353 g/mol. The maximum absolute atomic E-state index is 13.9. The van der Waals surface area contributed by atoms with E-state index in [1.807, 2.05) is 55.6 Å². The first kappa shape index (κ1) is 16.5. The van der Waals surface area contributed by atoms with Crippen LogP contribution in [-0.4, -0.2) is 19.1 Å². The van der Waals surface area contributed by atoms with E-state index in [1.165, 1.54) is 6.07 Å². The number of fused-ring (bicyclic) bond motifs is 2. The van der Waals surface area contributed by atoms with Crippen molar-refractivity contribution in [3.63, 3.8) is 0 Å². The summed E-state index contributed by atoms with van der Waals surface area (Å²) in [6.07, 6.45) is 7.78. The molecule has 5 heteroatoms. The molecule has 0 aromatic heterocycles. The van der Waals surface area contributed by atoms with Gasteiger partial charge in [0, 0.05) is 18.7 Å². The van der Waals surface area contributed by atoms with Gasteiger partial charge in [-0.2, -0.15) is 0 Å². The van der Waals surface area contributed by atoms with Crippen LogP contribution in [0.15, 0.2) is 66.8 Å². The Morgan fingerprint density at radius 1 is 1.00 bits per heavy atom. The third-order valence-corrected chi connectivity index (χ3v) is 5.01. The Bertz CT molecular complexity index is 902. The summed E-state index contributed by atoms with van der Waals surface area (Å²) in [4.78, 5) is 15.1. The standard InChI is InChI=1S/C21H17F2NO2/c1-24-17-11-4-2-7-13(17)19(14-8-3-5-12-18(14)24)21(25)26-20-15(22)9-6-10-16(20)23/h2-13,17,19H,1H3. The Morgan fingerprint density at radius 2 is 1.69 bits per heavy atom. The molecule has 0 bridgehead atoms. The van der Waals surface area contributed by atoms with Crippen LogP contribution >= 0.6 is 0 Å². The van der Waals surface area contributed by atoms with E-state index >= 15 is 0 Å². The fraction of sp³-hybridized carbons (Fsp3) is 0.190. The van der Waals surface area contributed by atoms with Crippen LogP contribution in [0.1, 0.15) is 11.5 Å². The van der Waals surface area contributed by atoms with Crippen molar-refractivity contribution in [1.29, 1.82) is 0 Å². The topological polar surface area (TPSA) is 29.5 Å². The number of carbonyl (C=O) groups excluding carboxylic acids is 1. The van der Waals surface area contributed by atoms with E-state index in [0.717, 1.165) is 23.4 Å². The van der Waals surface area contributed by atoms with Gasteiger partial charge < -0.3 is 9.64 Å². The van der Waals surface area contributed by atoms with Gasteiger partial charge in [-0.15, -0.1) is 0 Å². The maximum atomic E-state index is 13.9. The van der Waals surface area contributed by atoms with Crippen molar-refractivity contribution in [2.24, 2.45) is 5.92 Å². The molecule has 0 amide bonds. The molecule has 3 nitrogen and oxygen atoms in total. The summed E-state index contributed by atoms with van der Waals surface area (Å²) < 4.78 is 33.0. The lowest BCUT2D eigenvalue weighted by molar-refractivity contribution is -0.137. The zero-order valence-electron chi connectivity index (χ0n) is 14.1. The van der Waals surface area contributed by atoms with Gasteiger partial charge in [0.25, 0.3) is 0 Å². The second kappa shape index (κ2) is 6.41. The van der Waals surface area contributed by atoms with Crippen LogP contribution in [0.2, 0.25) is 0 Å². The molecular weight excluding hydrogens is 336 g/mol. The zero-order valence-corrected chi connectivity index (χ0v) is 14.1. The number of likely N-dealkylation sites (N-methyl/N-ethyl adjacent to an activating group) is 1. The summed E-state index contributed by atoms with van der Waals surface area (Å²) in [6.45, 7) is 0. The number of allylic oxidation sites excluding steroid dienone is 2. The van der Waals surface area contributed by atoms with Crippen molar-refractivity contribution >= 4 is 11.7 Å². The van der Waals surface area contributed by atoms with Crippen LogP contribution in [0.25, 0.3) is 0 Å². The molecule has 0 saturated carbocycles. The highest BCUT2D eigenvalue weighted by molar-refractivity contribution is 5.85. The van der Waals surface area contributed by atoms with Crippen molar-refractivity contribution in [3.05, 3.63) is 84.0 Å². The van der Waals surface area contributed by atoms with Gasteiger partial charge in [-0.05, 0) is 23.8 Å². The third-order valence-electron chi connectivity index (χ3n) is 5.01. The SMILES string of the molecule is CN1c2ccccc2C(C(=O)Oc2c(F)cccc2F)C2C=CC=CC21. The van der Waals surface area contributed by atoms with Gasteiger partial charge in [-0.3, -0.25) is 4.79 Å².